The van der Waals surface area contributed by atoms with Gasteiger partial charge in [-0.25, -0.2) is 4.39 Å². The van der Waals surface area contributed by atoms with Crippen LogP contribution < -0.4 is 0 Å². The third kappa shape index (κ3) is 4.58. The largest absolute Gasteiger partial charge is 0.287 e. The van der Waals surface area contributed by atoms with Crippen molar-refractivity contribution in [3.63, 3.8) is 0 Å². The van der Waals surface area contributed by atoms with Crippen LogP contribution in [0.25, 0.3) is 0 Å². The van der Waals surface area contributed by atoms with E-state index in [1.807, 2.05) is 0 Å². The highest BCUT2D eigenvalue weighted by molar-refractivity contribution is 5.34. The number of hydrogen-bond donors (Lipinski definition) is 0. The molecule has 0 aliphatic heterocycles. The van der Waals surface area contributed by atoms with Crippen molar-refractivity contribution >= 4 is 0 Å². The molecule has 0 saturated carbocycles. The van der Waals surface area contributed by atoms with E-state index in [2.05, 4.69) is 44.4 Å². The van der Waals surface area contributed by atoms with E-state index in [1.165, 1.54) is 12.1 Å². The molecule has 1 aromatic rings. The lowest BCUT2D eigenvalue weighted by Gasteiger charge is -2.28. The predicted molar refractivity (Wildman–Crippen MR) is 70.3 cm³/mol. The Hall–Kier alpha value is -1.33. The summed E-state index contributed by atoms with van der Waals surface area (Å²) < 4.78 is 12.7. The molecule has 1 nitrogen and oxygen atoms in total. The Morgan fingerprint density at radius 3 is 2.06 bits per heavy atom. The first-order valence-electron chi connectivity index (χ1n) is 6.01. The van der Waals surface area contributed by atoms with E-state index in [-0.39, 0.29) is 5.82 Å². The van der Waals surface area contributed by atoms with Gasteiger partial charge in [0.05, 0.1) is 6.54 Å². The predicted octanol–water partition coefficient (Wildman–Crippen LogP) is 3.30. The van der Waals surface area contributed by atoms with Crippen molar-refractivity contribution in [3.8, 4) is 11.8 Å². The highest BCUT2D eigenvalue weighted by Gasteiger charge is 2.10. The standard InChI is InChI=1S/C15H20FN/c1-12(2)17(13(3)4)11-5-6-14-7-9-15(16)10-8-14/h7-10,12-13H,11H2,1-4H3. The van der Waals surface area contributed by atoms with Gasteiger partial charge >= 0.3 is 0 Å². The van der Waals surface area contributed by atoms with Crippen LogP contribution in [0, 0.1) is 17.7 Å². The first-order chi connectivity index (χ1) is 8.00. The normalized spacial score (nSPS) is 10.8. The zero-order chi connectivity index (χ0) is 12.8. The molecule has 92 valence electrons. The summed E-state index contributed by atoms with van der Waals surface area (Å²) in [6, 6.07) is 7.25. The SMILES string of the molecule is CC(C)N(CC#Cc1ccc(F)cc1)C(C)C. The smallest absolute Gasteiger partial charge is 0.123 e. The van der Waals surface area contributed by atoms with E-state index in [9.17, 15) is 4.39 Å². The highest BCUT2D eigenvalue weighted by Crippen LogP contribution is 2.04. The Morgan fingerprint density at radius 1 is 1.06 bits per heavy atom. The Balaban J connectivity index is 2.63. The van der Waals surface area contributed by atoms with Gasteiger partial charge < -0.3 is 0 Å². The summed E-state index contributed by atoms with van der Waals surface area (Å²) in [6.07, 6.45) is 0. The number of benzene rings is 1. The van der Waals surface area contributed by atoms with Crippen molar-refractivity contribution < 1.29 is 4.39 Å². The summed E-state index contributed by atoms with van der Waals surface area (Å²) in [7, 11) is 0. The molecule has 0 aliphatic rings. The number of halogens is 1. The van der Waals surface area contributed by atoms with Gasteiger partial charge in [0.2, 0.25) is 0 Å². The molecule has 1 aromatic carbocycles. The fraction of sp³-hybridized carbons (Fsp3) is 0.467. The lowest BCUT2D eigenvalue weighted by molar-refractivity contribution is 0.200. The van der Waals surface area contributed by atoms with Crippen LogP contribution in [0.4, 0.5) is 4.39 Å². The van der Waals surface area contributed by atoms with Crippen LogP contribution >= 0.6 is 0 Å². The van der Waals surface area contributed by atoms with Gasteiger partial charge in [0.15, 0.2) is 0 Å². The van der Waals surface area contributed by atoms with Gasteiger partial charge in [-0.2, -0.15) is 0 Å². The van der Waals surface area contributed by atoms with E-state index in [4.69, 9.17) is 0 Å². The molecule has 0 spiro atoms. The zero-order valence-electron chi connectivity index (χ0n) is 11.0. The second kappa shape index (κ2) is 6.42. The Morgan fingerprint density at radius 2 is 1.59 bits per heavy atom. The van der Waals surface area contributed by atoms with Crippen LogP contribution in [-0.2, 0) is 0 Å². The quantitative estimate of drug-likeness (QED) is 0.724. The van der Waals surface area contributed by atoms with Gasteiger partial charge in [0.1, 0.15) is 5.82 Å². The minimum absolute atomic E-state index is 0.221. The van der Waals surface area contributed by atoms with Crippen LogP contribution in [-0.4, -0.2) is 23.5 Å². The number of rotatable bonds is 3. The molecule has 2 heteroatoms. The van der Waals surface area contributed by atoms with E-state index in [0.717, 1.165) is 12.1 Å². The lowest BCUT2D eigenvalue weighted by atomic mass is 10.2. The molecule has 0 unspecified atom stereocenters. The molecule has 0 fully saturated rings. The fourth-order valence-corrected chi connectivity index (χ4v) is 1.73. The summed E-state index contributed by atoms with van der Waals surface area (Å²) in [6.45, 7) is 9.41. The molecule has 0 saturated heterocycles. The second-order valence-corrected chi connectivity index (χ2v) is 4.67. The molecular weight excluding hydrogens is 213 g/mol. The van der Waals surface area contributed by atoms with Gasteiger partial charge in [-0.05, 0) is 52.0 Å². The van der Waals surface area contributed by atoms with Crippen molar-refractivity contribution in [1.82, 2.24) is 4.90 Å². The maximum absolute atomic E-state index is 12.7. The average molecular weight is 233 g/mol. The maximum Gasteiger partial charge on any atom is 0.123 e. The van der Waals surface area contributed by atoms with Crippen LogP contribution in [0.15, 0.2) is 24.3 Å². The molecule has 0 amide bonds. The molecule has 1 rings (SSSR count). The molecule has 0 N–H and O–H groups in total. The summed E-state index contributed by atoms with van der Waals surface area (Å²) in [5, 5.41) is 0. The molecular formula is C15H20FN. The van der Waals surface area contributed by atoms with Crippen molar-refractivity contribution in [1.29, 1.82) is 0 Å². The number of hydrogen-bond acceptors (Lipinski definition) is 1. The summed E-state index contributed by atoms with van der Waals surface area (Å²) >= 11 is 0. The summed E-state index contributed by atoms with van der Waals surface area (Å²) in [5.41, 5.74) is 0.860. The van der Waals surface area contributed by atoms with Crippen LogP contribution in [0.1, 0.15) is 33.3 Å². The highest BCUT2D eigenvalue weighted by atomic mass is 19.1. The van der Waals surface area contributed by atoms with Gasteiger partial charge in [-0.15, -0.1) is 0 Å². The molecule has 0 heterocycles. The third-order valence-corrected chi connectivity index (χ3v) is 2.67. The molecule has 0 atom stereocenters. The Labute approximate surface area is 104 Å². The monoisotopic (exact) mass is 233 g/mol. The van der Waals surface area contributed by atoms with Crippen molar-refractivity contribution in [2.45, 2.75) is 39.8 Å². The molecule has 0 aromatic heterocycles. The summed E-state index contributed by atoms with van der Waals surface area (Å²) in [4.78, 5) is 2.32. The third-order valence-electron chi connectivity index (χ3n) is 2.67. The molecule has 0 aliphatic carbocycles. The average Bonchev–Trinajstić information content (AvgIpc) is 2.25. The van der Waals surface area contributed by atoms with E-state index >= 15 is 0 Å². The van der Waals surface area contributed by atoms with Crippen molar-refractivity contribution in [3.05, 3.63) is 35.6 Å². The van der Waals surface area contributed by atoms with Crippen LogP contribution in [0.2, 0.25) is 0 Å². The fourth-order valence-electron chi connectivity index (χ4n) is 1.73. The van der Waals surface area contributed by atoms with Crippen LogP contribution in [0.5, 0.6) is 0 Å². The van der Waals surface area contributed by atoms with E-state index in [0.29, 0.717) is 12.1 Å². The van der Waals surface area contributed by atoms with Gasteiger partial charge in [-0.1, -0.05) is 11.8 Å². The Kier molecular flexibility index (Phi) is 5.18. The minimum Gasteiger partial charge on any atom is -0.287 e. The number of nitrogens with zero attached hydrogens (tertiary/aromatic N) is 1. The van der Waals surface area contributed by atoms with Gasteiger partial charge in [0.25, 0.3) is 0 Å². The Bertz CT molecular complexity index is 387. The van der Waals surface area contributed by atoms with E-state index in [1.54, 1.807) is 12.1 Å². The van der Waals surface area contributed by atoms with Gasteiger partial charge in [-0.3, -0.25) is 4.90 Å². The summed E-state index contributed by atoms with van der Waals surface area (Å²) in [5.74, 6) is 5.97. The first-order valence-corrected chi connectivity index (χ1v) is 6.01. The van der Waals surface area contributed by atoms with Gasteiger partial charge in [0, 0.05) is 17.6 Å². The maximum atomic E-state index is 12.7. The van der Waals surface area contributed by atoms with Crippen LogP contribution in [0.3, 0.4) is 0 Å². The van der Waals surface area contributed by atoms with Crippen molar-refractivity contribution in [2.75, 3.05) is 6.54 Å². The molecule has 0 radical (unpaired) electrons. The second-order valence-electron chi connectivity index (χ2n) is 4.67. The topological polar surface area (TPSA) is 3.24 Å². The minimum atomic E-state index is -0.221. The zero-order valence-corrected chi connectivity index (χ0v) is 11.0. The molecule has 0 bridgehead atoms. The molecule has 17 heavy (non-hydrogen) atoms. The van der Waals surface area contributed by atoms with Crippen molar-refractivity contribution in [2.24, 2.45) is 0 Å². The first kappa shape index (κ1) is 13.7. The van der Waals surface area contributed by atoms with E-state index < -0.39 is 0 Å². The lowest BCUT2D eigenvalue weighted by Crippen LogP contribution is -2.37.